The third-order valence-corrected chi connectivity index (χ3v) is 5.56. The Hall–Kier alpha value is 0.270. The maximum absolute atomic E-state index is 3.64. The molecule has 0 bridgehead atoms. The van der Waals surface area contributed by atoms with Crippen molar-refractivity contribution in [2.45, 2.75) is 44.3 Å². The molecule has 1 aliphatic heterocycles. The van der Waals surface area contributed by atoms with Gasteiger partial charge in [0.15, 0.2) is 0 Å². The zero-order valence-electron chi connectivity index (χ0n) is 11.2. The van der Waals surface area contributed by atoms with Crippen LogP contribution in [0.15, 0.2) is 0 Å². The van der Waals surface area contributed by atoms with Gasteiger partial charge >= 0.3 is 0 Å². The van der Waals surface area contributed by atoms with Gasteiger partial charge in [-0.05, 0) is 45.0 Å². The van der Waals surface area contributed by atoms with E-state index in [1.54, 1.807) is 0 Å². The second-order valence-electron chi connectivity index (χ2n) is 4.82. The minimum absolute atomic E-state index is 0.463. The van der Waals surface area contributed by atoms with Gasteiger partial charge in [-0.25, -0.2) is 0 Å². The summed E-state index contributed by atoms with van der Waals surface area (Å²) >= 11 is 2.02. The predicted molar refractivity (Wildman–Crippen MR) is 75.4 cm³/mol. The van der Waals surface area contributed by atoms with Gasteiger partial charge in [-0.2, -0.15) is 11.8 Å². The van der Waals surface area contributed by atoms with E-state index in [1.165, 1.54) is 45.3 Å². The fourth-order valence-corrected chi connectivity index (χ4v) is 3.24. The van der Waals surface area contributed by atoms with Gasteiger partial charge in [-0.1, -0.05) is 13.8 Å². The Balaban J connectivity index is 2.12. The summed E-state index contributed by atoms with van der Waals surface area (Å²) in [6, 6.07) is 0. The topological polar surface area (TPSA) is 15.3 Å². The number of likely N-dealkylation sites (tertiary alicyclic amines) is 1. The lowest BCUT2D eigenvalue weighted by atomic mass is 10.0. The summed E-state index contributed by atoms with van der Waals surface area (Å²) < 4.78 is 0.463. The molecule has 1 rings (SSSR count). The van der Waals surface area contributed by atoms with Crippen molar-refractivity contribution in [1.82, 2.24) is 10.2 Å². The third kappa shape index (κ3) is 4.27. The number of hydrogen-bond donors (Lipinski definition) is 1. The van der Waals surface area contributed by atoms with Crippen molar-refractivity contribution in [3.05, 3.63) is 0 Å². The molecule has 1 heterocycles. The van der Waals surface area contributed by atoms with Crippen molar-refractivity contribution in [2.75, 3.05) is 39.0 Å². The monoisotopic (exact) mass is 244 g/mol. The van der Waals surface area contributed by atoms with Crippen LogP contribution in [0.2, 0.25) is 0 Å². The van der Waals surface area contributed by atoms with Crippen molar-refractivity contribution in [3.8, 4) is 0 Å². The molecule has 0 aromatic heterocycles. The molecule has 96 valence electrons. The smallest absolute Gasteiger partial charge is 0.0276 e. The summed E-state index contributed by atoms with van der Waals surface area (Å²) in [7, 11) is 0. The summed E-state index contributed by atoms with van der Waals surface area (Å²) in [5.41, 5.74) is 0. The van der Waals surface area contributed by atoms with Crippen molar-refractivity contribution in [1.29, 1.82) is 0 Å². The lowest BCUT2D eigenvalue weighted by molar-refractivity contribution is 0.331. The van der Waals surface area contributed by atoms with Crippen LogP contribution < -0.4 is 5.32 Å². The predicted octanol–water partition coefficient (Wildman–Crippen LogP) is 2.59. The van der Waals surface area contributed by atoms with Crippen molar-refractivity contribution in [2.24, 2.45) is 0 Å². The molecule has 16 heavy (non-hydrogen) atoms. The van der Waals surface area contributed by atoms with E-state index in [0.717, 1.165) is 13.1 Å². The van der Waals surface area contributed by atoms with E-state index in [0.29, 0.717) is 4.75 Å². The molecular weight excluding hydrogens is 216 g/mol. The number of nitrogens with zero attached hydrogens (tertiary/aromatic N) is 1. The van der Waals surface area contributed by atoms with Crippen molar-refractivity contribution < 1.29 is 0 Å². The van der Waals surface area contributed by atoms with E-state index in [-0.39, 0.29) is 0 Å². The highest BCUT2D eigenvalue weighted by molar-refractivity contribution is 8.00. The van der Waals surface area contributed by atoms with Gasteiger partial charge in [0.2, 0.25) is 0 Å². The maximum Gasteiger partial charge on any atom is 0.0276 e. The molecule has 0 atom stereocenters. The Labute approximate surface area is 106 Å². The molecule has 0 saturated carbocycles. The van der Waals surface area contributed by atoms with Gasteiger partial charge in [0.1, 0.15) is 0 Å². The second-order valence-corrected chi connectivity index (χ2v) is 6.09. The maximum atomic E-state index is 3.64. The molecule has 1 N–H and O–H groups in total. The molecule has 1 fully saturated rings. The van der Waals surface area contributed by atoms with Crippen LogP contribution in [0.1, 0.15) is 39.5 Å². The molecular formula is C13H28N2S. The van der Waals surface area contributed by atoms with E-state index in [1.807, 2.05) is 11.8 Å². The molecule has 0 radical (unpaired) electrons. The quantitative estimate of drug-likeness (QED) is 0.661. The lowest BCUT2D eigenvalue weighted by Gasteiger charge is -2.30. The SMILES string of the molecule is CCC(CC)(CNCCN1CCCC1)SC. The molecule has 3 heteroatoms. The lowest BCUT2D eigenvalue weighted by Crippen LogP contribution is -2.39. The second kappa shape index (κ2) is 7.57. The molecule has 1 saturated heterocycles. The van der Waals surface area contributed by atoms with Crippen LogP contribution in [0, 0.1) is 0 Å². The molecule has 0 spiro atoms. The first kappa shape index (κ1) is 14.3. The van der Waals surface area contributed by atoms with Gasteiger partial charge in [-0.3, -0.25) is 0 Å². The highest BCUT2D eigenvalue weighted by Crippen LogP contribution is 2.29. The number of rotatable bonds is 8. The Bertz CT molecular complexity index is 167. The van der Waals surface area contributed by atoms with Gasteiger partial charge in [-0.15, -0.1) is 0 Å². The van der Waals surface area contributed by atoms with E-state index < -0.39 is 0 Å². The summed E-state index contributed by atoms with van der Waals surface area (Å²) in [4.78, 5) is 2.58. The molecule has 0 unspecified atom stereocenters. The Kier molecular flexibility index (Phi) is 6.78. The zero-order valence-corrected chi connectivity index (χ0v) is 12.0. The fourth-order valence-electron chi connectivity index (χ4n) is 2.42. The van der Waals surface area contributed by atoms with Gasteiger partial charge < -0.3 is 10.2 Å². The van der Waals surface area contributed by atoms with Crippen molar-refractivity contribution >= 4 is 11.8 Å². The van der Waals surface area contributed by atoms with E-state index >= 15 is 0 Å². The highest BCUT2D eigenvalue weighted by atomic mass is 32.2. The normalized spacial score (nSPS) is 18.2. The minimum atomic E-state index is 0.463. The van der Waals surface area contributed by atoms with Crippen LogP contribution in [-0.2, 0) is 0 Å². The van der Waals surface area contributed by atoms with Crippen LogP contribution >= 0.6 is 11.8 Å². The average molecular weight is 244 g/mol. The van der Waals surface area contributed by atoms with Crippen LogP contribution in [0.25, 0.3) is 0 Å². The average Bonchev–Trinajstić information content (AvgIpc) is 2.83. The van der Waals surface area contributed by atoms with E-state index in [2.05, 4.69) is 30.3 Å². The Morgan fingerprint density at radius 1 is 1.19 bits per heavy atom. The third-order valence-electron chi connectivity index (χ3n) is 3.97. The summed E-state index contributed by atoms with van der Waals surface area (Å²) in [6.45, 7) is 10.8. The molecule has 2 nitrogen and oxygen atoms in total. The summed E-state index contributed by atoms with van der Waals surface area (Å²) in [5.74, 6) is 0. The summed E-state index contributed by atoms with van der Waals surface area (Å²) in [6.07, 6.45) is 7.58. The molecule has 0 amide bonds. The zero-order chi connectivity index (χ0) is 11.9. The first-order valence-corrected chi connectivity index (χ1v) is 7.97. The Morgan fingerprint density at radius 2 is 1.81 bits per heavy atom. The van der Waals surface area contributed by atoms with Crippen molar-refractivity contribution in [3.63, 3.8) is 0 Å². The molecule has 0 aliphatic carbocycles. The van der Waals surface area contributed by atoms with E-state index in [9.17, 15) is 0 Å². The van der Waals surface area contributed by atoms with E-state index in [4.69, 9.17) is 0 Å². The summed E-state index contributed by atoms with van der Waals surface area (Å²) in [5, 5.41) is 3.64. The Morgan fingerprint density at radius 3 is 2.31 bits per heavy atom. The standard InChI is InChI=1S/C13H28N2S/c1-4-13(5-2,16-3)12-14-8-11-15-9-6-7-10-15/h14H,4-12H2,1-3H3. The van der Waals surface area contributed by atoms with Crippen LogP contribution in [0.3, 0.4) is 0 Å². The fraction of sp³-hybridized carbons (Fsp3) is 1.00. The largest absolute Gasteiger partial charge is 0.314 e. The minimum Gasteiger partial charge on any atom is -0.314 e. The molecule has 0 aromatic rings. The number of thioether (sulfide) groups is 1. The van der Waals surface area contributed by atoms with Gasteiger partial charge in [0.25, 0.3) is 0 Å². The first-order valence-electron chi connectivity index (χ1n) is 6.74. The molecule has 0 aromatic carbocycles. The van der Waals surface area contributed by atoms with Gasteiger partial charge in [0.05, 0.1) is 0 Å². The van der Waals surface area contributed by atoms with Gasteiger partial charge in [0, 0.05) is 24.4 Å². The number of nitrogens with one attached hydrogen (secondary N) is 1. The van der Waals surface area contributed by atoms with Crippen LogP contribution in [0.4, 0.5) is 0 Å². The molecule has 1 aliphatic rings. The van der Waals surface area contributed by atoms with Crippen LogP contribution in [-0.4, -0.2) is 48.6 Å². The first-order chi connectivity index (χ1) is 7.76. The highest BCUT2D eigenvalue weighted by Gasteiger charge is 2.24. The number of hydrogen-bond acceptors (Lipinski definition) is 3. The van der Waals surface area contributed by atoms with Crippen LogP contribution in [0.5, 0.6) is 0 Å².